The van der Waals surface area contributed by atoms with Crippen LogP contribution in [-0.4, -0.2) is 30.2 Å². The summed E-state index contributed by atoms with van der Waals surface area (Å²) in [5.74, 6) is 1.28. The molecule has 2 heterocycles. The molecule has 2 aliphatic heterocycles. The zero-order chi connectivity index (χ0) is 18.5. The van der Waals surface area contributed by atoms with Gasteiger partial charge in [-0.2, -0.15) is 0 Å². The van der Waals surface area contributed by atoms with Crippen molar-refractivity contribution in [2.24, 2.45) is 0 Å². The number of benzene rings is 2. The number of fused-ring (bicyclic) bond motifs is 2. The maximum Gasteiger partial charge on any atom is 0.177 e. The van der Waals surface area contributed by atoms with Crippen LogP contribution in [0.25, 0.3) is 6.08 Å². The van der Waals surface area contributed by atoms with E-state index in [1.54, 1.807) is 13.2 Å². The predicted octanol–water partition coefficient (Wildman–Crippen LogP) is 3.94. The summed E-state index contributed by atoms with van der Waals surface area (Å²) in [5.41, 5.74) is 1.75. The molecule has 0 amide bonds. The molecule has 2 aromatic carbocycles. The van der Waals surface area contributed by atoms with E-state index in [9.17, 15) is 9.90 Å². The molecule has 2 aliphatic rings. The number of ketones is 1. The number of Topliss-reactive ketones (excluding diaryl/α,β-unsaturated/α-hetero) is 1. The Morgan fingerprint density at radius 3 is 2.77 bits per heavy atom. The highest BCUT2D eigenvalue weighted by Gasteiger charge is 2.34. The van der Waals surface area contributed by atoms with Crippen LogP contribution < -0.4 is 14.2 Å². The molecule has 1 atom stereocenters. The third-order valence-electron chi connectivity index (χ3n) is 4.73. The normalized spacial score (nSPS) is 19.8. The molecule has 0 spiro atoms. The van der Waals surface area contributed by atoms with Crippen molar-refractivity contribution in [2.75, 3.05) is 13.7 Å². The Morgan fingerprint density at radius 1 is 1.19 bits per heavy atom. The van der Waals surface area contributed by atoms with Crippen LogP contribution in [0.5, 0.6) is 23.0 Å². The number of phenolic OH excluding ortho intramolecular Hbond substituents is 1. The van der Waals surface area contributed by atoms with Gasteiger partial charge in [0.15, 0.2) is 5.78 Å². The van der Waals surface area contributed by atoms with E-state index >= 15 is 0 Å². The summed E-state index contributed by atoms with van der Waals surface area (Å²) in [4.78, 5) is 13.0. The molecule has 0 unspecified atom stereocenters. The van der Waals surface area contributed by atoms with Gasteiger partial charge in [-0.25, -0.2) is 0 Å². The molecular weight excluding hydrogens is 332 g/mol. The number of ether oxygens (including phenoxy) is 3. The molecule has 0 aromatic heterocycles. The average Bonchev–Trinajstić information content (AvgIpc) is 2.60. The van der Waals surface area contributed by atoms with Crippen molar-refractivity contribution >= 4 is 11.9 Å². The van der Waals surface area contributed by atoms with Gasteiger partial charge in [-0.15, -0.1) is 0 Å². The van der Waals surface area contributed by atoms with E-state index in [-0.39, 0.29) is 23.7 Å². The summed E-state index contributed by atoms with van der Waals surface area (Å²) in [5, 5.41) is 9.58. The standard InChI is InChI=1S/C21H20O5/c1-21(2)7-6-12-8-15(18(24-3)10-17(12)26-21)16-11-25-19-9-13(22)4-5-14(19)20(16)23/h4-10,16,22H,11H2,1-3H3/t16-/m1/s1. The van der Waals surface area contributed by atoms with Crippen LogP contribution in [0.2, 0.25) is 0 Å². The first-order valence-corrected chi connectivity index (χ1v) is 8.48. The highest BCUT2D eigenvalue weighted by atomic mass is 16.5. The lowest BCUT2D eigenvalue weighted by Gasteiger charge is -2.30. The Bertz CT molecular complexity index is 926. The van der Waals surface area contributed by atoms with E-state index in [2.05, 4.69) is 0 Å². The molecule has 5 nitrogen and oxygen atoms in total. The van der Waals surface area contributed by atoms with Crippen LogP contribution in [0.4, 0.5) is 0 Å². The van der Waals surface area contributed by atoms with Crippen LogP contribution in [0.15, 0.2) is 36.4 Å². The summed E-state index contributed by atoms with van der Waals surface area (Å²) in [6.07, 6.45) is 3.99. The number of rotatable bonds is 2. The predicted molar refractivity (Wildman–Crippen MR) is 97.4 cm³/mol. The SMILES string of the molecule is COc1cc2c(cc1[C@H]1COc3cc(O)ccc3C1=O)C=CC(C)(C)O2. The van der Waals surface area contributed by atoms with Gasteiger partial charge in [0.1, 0.15) is 35.2 Å². The molecule has 4 rings (SSSR count). The highest BCUT2D eigenvalue weighted by Crippen LogP contribution is 2.42. The van der Waals surface area contributed by atoms with E-state index in [1.807, 2.05) is 38.1 Å². The quantitative estimate of drug-likeness (QED) is 0.887. The molecule has 0 saturated heterocycles. The number of aromatic hydroxyl groups is 1. The van der Waals surface area contributed by atoms with Gasteiger partial charge in [-0.1, -0.05) is 6.08 Å². The van der Waals surface area contributed by atoms with Gasteiger partial charge >= 0.3 is 0 Å². The van der Waals surface area contributed by atoms with Crippen molar-refractivity contribution in [3.63, 3.8) is 0 Å². The molecule has 0 fully saturated rings. The fourth-order valence-corrected chi connectivity index (χ4v) is 3.37. The van der Waals surface area contributed by atoms with Crippen molar-refractivity contribution in [2.45, 2.75) is 25.4 Å². The highest BCUT2D eigenvalue weighted by molar-refractivity contribution is 6.04. The Kier molecular flexibility index (Phi) is 3.68. The monoisotopic (exact) mass is 352 g/mol. The largest absolute Gasteiger partial charge is 0.508 e. The third kappa shape index (κ3) is 2.69. The van der Waals surface area contributed by atoms with Gasteiger partial charge < -0.3 is 19.3 Å². The van der Waals surface area contributed by atoms with E-state index < -0.39 is 5.92 Å². The van der Waals surface area contributed by atoms with Crippen LogP contribution in [0.1, 0.15) is 41.3 Å². The molecule has 26 heavy (non-hydrogen) atoms. The molecule has 0 aliphatic carbocycles. The molecule has 134 valence electrons. The first-order chi connectivity index (χ1) is 12.4. The lowest BCUT2D eigenvalue weighted by Crippen LogP contribution is -2.28. The summed E-state index contributed by atoms with van der Waals surface area (Å²) >= 11 is 0. The van der Waals surface area contributed by atoms with Crippen LogP contribution >= 0.6 is 0 Å². The van der Waals surface area contributed by atoms with E-state index in [1.165, 1.54) is 12.1 Å². The zero-order valence-corrected chi connectivity index (χ0v) is 14.9. The zero-order valence-electron chi connectivity index (χ0n) is 14.9. The Hall–Kier alpha value is -2.95. The second-order valence-corrected chi connectivity index (χ2v) is 7.08. The molecule has 0 bridgehead atoms. The number of methoxy groups -OCH3 is 1. The first-order valence-electron chi connectivity index (χ1n) is 8.48. The molecular formula is C21H20O5. The van der Waals surface area contributed by atoms with Crippen molar-refractivity contribution in [3.8, 4) is 23.0 Å². The molecule has 0 saturated carbocycles. The van der Waals surface area contributed by atoms with Crippen molar-refractivity contribution < 1.29 is 24.1 Å². The number of hydrogen-bond acceptors (Lipinski definition) is 5. The van der Waals surface area contributed by atoms with Gasteiger partial charge in [0, 0.05) is 23.3 Å². The topological polar surface area (TPSA) is 65.0 Å². The van der Waals surface area contributed by atoms with Crippen LogP contribution in [0.3, 0.4) is 0 Å². The summed E-state index contributed by atoms with van der Waals surface area (Å²) < 4.78 is 17.3. The minimum atomic E-state index is -0.476. The third-order valence-corrected chi connectivity index (χ3v) is 4.73. The number of carbonyl (C=O) groups is 1. The smallest absolute Gasteiger partial charge is 0.177 e. The lowest BCUT2D eigenvalue weighted by atomic mass is 9.86. The van der Waals surface area contributed by atoms with Crippen LogP contribution in [0, 0.1) is 0 Å². The minimum Gasteiger partial charge on any atom is -0.508 e. The van der Waals surface area contributed by atoms with E-state index in [0.717, 1.165) is 16.9 Å². The van der Waals surface area contributed by atoms with Crippen molar-refractivity contribution in [3.05, 3.63) is 53.1 Å². The molecule has 1 N–H and O–H groups in total. The number of carbonyl (C=O) groups excluding carboxylic acids is 1. The summed E-state index contributed by atoms with van der Waals surface area (Å²) in [6.45, 7) is 4.16. The Balaban J connectivity index is 1.77. The van der Waals surface area contributed by atoms with E-state index in [4.69, 9.17) is 14.2 Å². The maximum atomic E-state index is 13.0. The maximum absolute atomic E-state index is 13.0. The second kappa shape index (κ2) is 5.80. The lowest BCUT2D eigenvalue weighted by molar-refractivity contribution is 0.0893. The van der Waals surface area contributed by atoms with Crippen molar-refractivity contribution in [1.82, 2.24) is 0 Å². The molecule has 2 aromatic rings. The fourth-order valence-electron chi connectivity index (χ4n) is 3.37. The van der Waals surface area contributed by atoms with Gasteiger partial charge in [0.2, 0.25) is 0 Å². The minimum absolute atomic E-state index is 0.0504. The molecule has 0 radical (unpaired) electrons. The summed E-state index contributed by atoms with van der Waals surface area (Å²) in [6, 6.07) is 8.31. The Labute approximate surface area is 151 Å². The number of hydrogen-bond donors (Lipinski definition) is 1. The first kappa shape index (κ1) is 16.5. The van der Waals surface area contributed by atoms with Crippen molar-refractivity contribution in [1.29, 1.82) is 0 Å². The second-order valence-electron chi connectivity index (χ2n) is 7.08. The van der Waals surface area contributed by atoms with Gasteiger partial charge in [-0.3, -0.25) is 4.79 Å². The number of phenols is 1. The van der Waals surface area contributed by atoms with Crippen LogP contribution in [-0.2, 0) is 0 Å². The van der Waals surface area contributed by atoms with Gasteiger partial charge in [0.25, 0.3) is 0 Å². The summed E-state index contributed by atoms with van der Waals surface area (Å²) in [7, 11) is 1.58. The van der Waals surface area contributed by atoms with E-state index in [0.29, 0.717) is 17.1 Å². The fraction of sp³-hybridized carbons (Fsp3) is 0.286. The molecule has 5 heteroatoms. The van der Waals surface area contributed by atoms with Gasteiger partial charge in [0.05, 0.1) is 18.6 Å². The van der Waals surface area contributed by atoms with Gasteiger partial charge in [-0.05, 0) is 38.1 Å². The average molecular weight is 352 g/mol. The Morgan fingerprint density at radius 2 is 2.00 bits per heavy atom.